The molecule has 0 amide bonds. The van der Waals surface area contributed by atoms with E-state index >= 15 is 0 Å². The second-order valence-electron chi connectivity index (χ2n) is 4.08. The lowest BCUT2D eigenvalue weighted by atomic mass is 10.0. The summed E-state index contributed by atoms with van der Waals surface area (Å²) in [5, 5.41) is 3.52. The van der Waals surface area contributed by atoms with Gasteiger partial charge in [0.1, 0.15) is 0 Å². The van der Waals surface area contributed by atoms with Gasteiger partial charge in [-0.25, -0.2) is 0 Å². The van der Waals surface area contributed by atoms with Gasteiger partial charge in [0, 0.05) is 12.6 Å². The molecule has 3 unspecified atom stereocenters. The molecular weight excluding hydrogens is 174 g/mol. The summed E-state index contributed by atoms with van der Waals surface area (Å²) in [6, 6.07) is 0.793. The molecule has 1 aliphatic heterocycles. The van der Waals surface area contributed by atoms with Gasteiger partial charge in [-0.05, 0) is 26.2 Å². The van der Waals surface area contributed by atoms with Gasteiger partial charge in [-0.15, -0.1) is 6.42 Å². The maximum Gasteiger partial charge on any atom is 0.0689 e. The van der Waals surface area contributed by atoms with E-state index in [1.165, 1.54) is 0 Å². The Labute approximate surface area is 87.4 Å². The Balaban J connectivity index is 2.30. The molecule has 0 aliphatic carbocycles. The maximum atomic E-state index is 5.49. The minimum Gasteiger partial charge on any atom is -0.378 e. The van der Waals surface area contributed by atoms with Crippen LogP contribution in [0.1, 0.15) is 39.5 Å². The highest BCUT2D eigenvalue weighted by Crippen LogP contribution is 2.14. The molecule has 2 heteroatoms. The van der Waals surface area contributed by atoms with Crippen LogP contribution < -0.4 is 5.32 Å². The summed E-state index contributed by atoms with van der Waals surface area (Å²) in [5.74, 6) is 2.81. The van der Waals surface area contributed by atoms with E-state index in [1.54, 1.807) is 0 Å². The van der Waals surface area contributed by atoms with E-state index in [9.17, 15) is 0 Å². The van der Waals surface area contributed by atoms with Crippen molar-refractivity contribution in [1.29, 1.82) is 0 Å². The Morgan fingerprint density at radius 2 is 2.43 bits per heavy atom. The summed E-state index contributed by atoms with van der Waals surface area (Å²) < 4.78 is 5.49. The van der Waals surface area contributed by atoms with Crippen LogP contribution in [-0.2, 0) is 4.74 Å². The van der Waals surface area contributed by atoms with E-state index in [1.807, 2.05) is 0 Å². The zero-order valence-electron chi connectivity index (χ0n) is 9.25. The van der Waals surface area contributed by atoms with Crippen LogP contribution >= 0.6 is 0 Å². The van der Waals surface area contributed by atoms with Gasteiger partial charge < -0.3 is 10.1 Å². The van der Waals surface area contributed by atoms with Gasteiger partial charge in [0.2, 0.25) is 0 Å². The first-order valence-electron chi connectivity index (χ1n) is 5.60. The highest BCUT2D eigenvalue weighted by Gasteiger charge is 2.20. The molecular formula is C12H21NO. The largest absolute Gasteiger partial charge is 0.378 e. The molecule has 1 fully saturated rings. The second kappa shape index (κ2) is 6.06. The Hall–Kier alpha value is -0.520. The van der Waals surface area contributed by atoms with Crippen LogP contribution in [0.3, 0.4) is 0 Å². The summed E-state index contributed by atoms with van der Waals surface area (Å²) in [7, 11) is 0. The third-order valence-corrected chi connectivity index (χ3v) is 2.70. The molecule has 1 rings (SSSR count). The predicted octanol–water partition coefficient (Wildman–Crippen LogP) is 1.95. The first-order chi connectivity index (χ1) is 6.76. The Morgan fingerprint density at radius 1 is 1.64 bits per heavy atom. The third-order valence-electron chi connectivity index (χ3n) is 2.70. The molecule has 0 saturated carbocycles. The first-order valence-corrected chi connectivity index (χ1v) is 5.60. The zero-order chi connectivity index (χ0) is 10.4. The summed E-state index contributed by atoms with van der Waals surface area (Å²) in [4.78, 5) is 0. The third kappa shape index (κ3) is 3.69. The minimum atomic E-state index is 0.246. The van der Waals surface area contributed by atoms with E-state index < -0.39 is 0 Å². The van der Waals surface area contributed by atoms with Crippen molar-refractivity contribution >= 4 is 0 Å². The van der Waals surface area contributed by atoms with Crippen LogP contribution in [0.2, 0.25) is 0 Å². The zero-order valence-corrected chi connectivity index (χ0v) is 9.25. The quantitative estimate of drug-likeness (QED) is 0.692. The van der Waals surface area contributed by atoms with Gasteiger partial charge in [0.15, 0.2) is 0 Å². The second-order valence-corrected chi connectivity index (χ2v) is 4.08. The van der Waals surface area contributed by atoms with Crippen LogP contribution in [0.5, 0.6) is 0 Å². The van der Waals surface area contributed by atoms with Crippen molar-refractivity contribution in [3.63, 3.8) is 0 Å². The molecule has 0 aromatic carbocycles. The number of nitrogens with one attached hydrogen (secondary N) is 1. The van der Waals surface area contributed by atoms with Gasteiger partial charge in [0.05, 0.1) is 12.1 Å². The molecule has 3 atom stereocenters. The van der Waals surface area contributed by atoms with Crippen LogP contribution in [0, 0.1) is 12.3 Å². The van der Waals surface area contributed by atoms with Crippen molar-refractivity contribution in [2.75, 3.05) is 6.61 Å². The average Bonchev–Trinajstić information content (AvgIpc) is 2.17. The molecule has 1 heterocycles. The number of terminal acetylenes is 1. The van der Waals surface area contributed by atoms with E-state index in [0.29, 0.717) is 12.1 Å². The molecule has 0 bridgehead atoms. The van der Waals surface area contributed by atoms with Gasteiger partial charge in [-0.2, -0.15) is 0 Å². The fourth-order valence-corrected chi connectivity index (χ4v) is 1.94. The number of rotatable bonds is 4. The molecule has 0 spiro atoms. The normalized spacial score (nSPS) is 29.5. The molecule has 14 heavy (non-hydrogen) atoms. The van der Waals surface area contributed by atoms with Gasteiger partial charge in [-0.3, -0.25) is 0 Å². The van der Waals surface area contributed by atoms with Crippen molar-refractivity contribution in [2.45, 2.75) is 57.7 Å². The molecule has 1 aliphatic rings. The number of hydrogen-bond acceptors (Lipinski definition) is 2. The van der Waals surface area contributed by atoms with Crippen LogP contribution in [0.4, 0.5) is 0 Å². The van der Waals surface area contributed by atoms with Crippen molar-refractivity contribution in [2.24, 2.45) is 0 Å². The van der Waals surface area contributed by atoms with Crippen molar-refractivity contribution in [1.82, 2.24) is 5.32 Å². The Kier molecular flexibility index (Phi) is 5.00. The molecule has 0 radical (unpaired) electrons. The van der Waals surface area contributed by atoms with E-state index in [2.05, 4.69) is 25.1 Å². The summed E-state index contributed by atoms with van der Waals surface area (Å²) >= 11 is 0. The topological polar surface area (TPSA) is 21.3 Å². The van der Waals surface area contributed by atoms with Crippen molar-refractivity contribution in [3.8, 4) is 12.3 Å². The highest BCUT2D eigenvalue weighted by atomic mass is 16.5. The number of hydrogen-bond donors (Lipinski definition) is 1. The van der Waals surface area contributed by atoms with Crippen LogP contribution in [-0.4, -0.2) is 24.8 Å². The standard InChI is InChI=1S/C12H21NO/c1-4-6-11(5-2)13-12-7-8-14-10(3)9-12/h2,10-13H,4,6-9H2,1,3H3. The van der Waals surface area contributed by atoms with Crippen molar-refractivity contribution < 1.29 is 4.74 Å². The molecule has 80 valence electrons. The molecule has 1 N–H and O–H groups in total. The highest BCUT2D eigenvalue weighted by molar-refractivity contribution is 5.00. The molecule has 1 saturated heterocycles. The van der Waals surface area contributed by atoms with Crippen LogP contribution in [0.15, 0.2) is 0 Å². The average molecular weight is 195 g/mol. The lowest BCUT2D eigenvalue weighted by molar-refractivity contribution is 0.0122. The fourth-order valence-electron chi connectivity index (χ4n) is 1.94. The van der Waals surface area contributed by atoms with E-state index in [4.69, 9.17) is 11.2 Å². The van der Waals surface area contributed by atoms with E-state index in [-0.39, 0.29) is 6.04 Å². The lowest BCUT2D eigenvalue weighted by Gasteiger charge is -2.30. The SMILES string of the molecule is C#CC(CCC)NC1CCOC(C)C1. The smallest absolute Gasteiger partial charge is 0.0689 e. The summed E-state index contributed by atoms with van der Waals surface area (Å²) in [6.45, 7) is 5.15. The monoisotopic (exact) mass is 195 g/mol. The maximum absolute atomic E-state index is 5.49. The Bertz CT molecular complexity index is 197. The van der Waals surface area contributed by atoms with E-state index in [0.717, 1.165) is 32.3 Å². The first kappa shape index (κ1) is 11.6. The lowest BCUT2D eigenvalue weighted by Crippen LogP contribution is -2.42. The summed E-state index contributed by atoms with van der Waals surface area (Å²) in [6.07, 6.45) is 10.2. The van der Waals surface area contributed by atoms with Gasteiger partial charge >= 0.3 is 0 Å². The Morgan fingerprint density at radius 3 is 3.00 bits per heavy atom. The molecule has 0 aromatic rings. The fraction of sp³-hybridized carbons (Fsp3) is 0.833. The summed E-state index contributed by atoms with van der Waals surface area (Å²) in [5.41, 5.74) is 0. The predicted molar refractivity (Wildman–Crippen MR) is 59.1 cm³/mol. The van der Waals surface area contributed by atoms with Crippen LogP contribution in [0.25, 0.3) is 0 Å². The van der Waals surface area contributed by atoms with Gasteiger partial charge in [-0.1, -0.05) is 19.3 Å². The molecule has 0 aromatic heterocycles. The number of ether oxygens (including phenoxy) is 1. The molecule has 2 nitrogen and oxygen atoms in total. The van der Waals surface area contributed by atoms with Gasteiger partial charge in [0.25, 0.3) is 0 Å². The minimum absolute atomic E-state index is 0.246. The van der Waals surface area contributed by atoms with Crippen molar-refractivity contribution in [3.05, 3.63) is 0 Å².